The van der Waals surface area contributed by atoms with Gasteiger partial charge in [0.25, 0.3) is 0 Å². The summed E-state index contributed by atoms with van der Waals surface area (Å²) < 4.78 is 21.1. The van der Waals surface area contributed by atoms with Gasteiger partial charge in [-0.25, -0.2) is 9.97 Å². The van der Waals surface area contributed by atoms with Gasteiger partial charge in [0, 0.05) is 23.8 Å². The molecule has 3 aromatic rings. The lowest BCUT2D eigenvalue weighted by Gasteiger charge is -2.30. The van der Waals surface area contributed by atoms with Crippen molar-refractivity contribution in [3.63, 3.8) is 0 Å². The lowest BCUT2D eigenvalue weighted by atomic mass is 9.73. The van der Waals surface area contributed by atoms with Gasteiger partial charge in [-0.05, 0) is 30.5 Å². The second kappa shape index (κ2) is 9.83. The van der Waals surface area contributed by atoms with E-state index < -0.39 is 5.41 Å². The molecule has 2 aliphatic heterocycles. The number of carbonyl (C=O) groups excluding carboxylic acids is 2. The van der Waals surface area contributed by atoms with Crippen LogP contribution >= 0.6 is 23.2 Å². The molecule has 0 saturated carbocycles. The van der Waals surface area contributed by atoms with Gasteiger partial charge in [0.15, 0.2) is 0 Å². The number of hydrogen-bond acceptors (Lipinski definition) is 8. The molecule has 3 heterocycles. The van der Waals surface area contributed by atoms with Crippen molar-refractivity contribution < 1.29 is 28.5 Å². The van der Waals surface area contributed by atoms with Crippen molar-refractivity contribution >= 4 is 46.2 Å². The molecule has 2 fully saturated rings. The smallest absolute Gasteiger partial charge is 0.305 e. The number of aromatic nitrogens is 2. The van der Waals surface area contributed by atoms with Crippen molar-refractivity contribution in [2.24, 2.45) is 0 Å². The van der Waals surface area contributed by atoms with Gasteiger partial charge < -0.3 is 18.9 Å². The van der Waals surface area contributed by atoms with Gasteiger partial charge >= 0.3 is 11.9 Å². The second-order valence-corrected chi connectivity index (χ2v) is 10.4. The van der Waals surface area contributed by atoms with Gasteiger partial charge in [-0.15, -0.1) is 0 Å². The summed E-state index contributed by atoms with van der Waals surface area (Å²) in [6.07, 6.45) is 1.05. The average Bonchev–Trinajstić information content (AvgIpc) is 3.83. The Bertz CT molecular complexity index is 1360. The van der Waals surface area contributed by atoms with Crippen LogP contribution in [0.25, 0.3) is 22.3 Å². The first-order valence-electron chi connectivity index (χ1n) is 12.2. The van der Waals surface area contributed by atoms with Crippen LogP contribution in [0, 0.1) is 0 Å². The quantitative estimate of drug-likeness (QED) is 0.269. The van der Waals surface area contributed by atoms with Crippen LogP contribution in [0.4, 0.5) is 0 Å². The summed E-state index contributed by atoms with van der Waals surface area (Å²) >= 11 is 12.5. The Balaban J connectivity index is 1.37. The molecule has 2 aromatic carbocycles. The van der Waals surface area contributed by atoms with E-state index in [2.05, 4.69) is 0 Å². The van der Waals surface area contributed by atoms with E-state index in [4.69, 9.17) is 52.1 Å². The molecule has 2 atom stereocenters. The Kier molecular flexibility index (Phi) is 6.52. The first-order valence-corrected chi connectivity index (χ1v) is 13.0. The zero-order valence-corrected chi connectivity index (χ0v) is 21.4. The fraction of sp³-hybridized carbons (Fsp3) is 0.407. The Labute approximate surface area is 223 Å². The van der Waals surface area contributed by atoms with Crippen molar-refractivity contribution in [1.29, 1.82) is 0 Å². The lowest BCUT2D eigenvalue weighted by molar-refractivity contribution is -0.144. The Morgan fingerprint density at radius 1 is 0.892 bits per heavy atom. The second-order valence-electron chi connectivity index (χ2n) is 9.58. The SMILES string of the molecule is O=C(CCC1(CCC(=O)OCC2CO2)c2ccccc2-c2nc3cc(Cl)c(Cl)cc3nc21)OCC1CO1. The number of fused-ring (bicyclic) bond motifs is 4. The molecule has 10 heteroatoms. The molecule has 3 aliphatic rings. The minimum absolute atomic E-state index is 0.00939. The monoisotopic (exact) mass is 542 g/mol. The number of benzene rings is 2. The minimum atomic E-state index is -0.747. The molecule has 6 rings (SSSR count). The molecule has 0 radical (unpaired) electrons. The van der Waals surface area contributed by atoms with Gasteiger partial charge in [0.1, 0.15) is 25.4 Å². The molecule has 0 N–H and O–H groups in total. The predicted octanol–water partition coefficient (Wildman–Crippen LogP) is 4.65. The largest absolute Gasteiger partial charge is 0.463 e. The van der Waals surface area contributed by atoms with Gasteiger partial charge in [0.05, 0.1) is 45.7 Å². The minimum Gasteiger partial charge on any atom is -0.463 e. The van der Waals surface area contributed by atoms with Crippen LogP contribution in [0.1, 0.15) is 36.9 Å². The summed E-state index contributed by atoms with van der Waals surface area (Å²) in [6.45, 7) is 1.72. The van der Waals surface area contributed by atoms with Gasteiger partial charge in [-0.2, -0.15) is 0 Å². The van der Waals surface area contributed by atoms with E-state index in [0.717, 1.165) is 11.1 Å². The summed E-state index contributed by atoms with van der Waals surface area (Å²) in [5, 5.41) is 0.770. The predicted molar refractivity (Wildman–Crippen MR) is 136 cm³/mol. The van der Waals surface area contributed by atoms with Crippen molar-refractivity contribution in [2.45, 2.75) is 43.3 Å². The highest BCUT2D eigenvalue weighted by molar-refractivity contribution is 6.42. The summed E-state index contributed by atoms with van der Waals surface area (Å²) in [7, 11) is 0. The van der Waals surface area contributed by atoms with Crippen LogP contribution in [0.5, 0.6) is 0 Å². The lowest BCUT2D eigenvalue weighted by Crippen LogP contribution is -2.29. The normalized spacial score (nSPS) is 22.9. The number of ether oxygens (including phenoxy) is 4. The number of hydrogen-bond donors (Lipinski definition) is 0. The third-order valence-corrected chi connectivity index (χ3v) is 7.76. The van der Waals surface area contributed by atoms with E-state index in [9.17, 15) is 9.59 Å². The summed E-state index contributed by atoms with van der Waals surface area (Å²) in [6, 6.07) is 11.3. The highest BCUT2D eigenvalue weighted by Gasteiger charge is 2.46. The van der Waals surface area contributed by atoms with E-state index >= 15 is 0 Å². The van der Waals surface area contributed by atoms with Gasteiger partial charge in [-0.1, -0.05) is 47.5 Å². The molecule has 0 bridgehead atoms. The number of nitrogens with zero attached hydrogens (tertiary/aromatic N) is 2. The van der Waals surface area contributed by atoms with Crippen LogP contribution in [0.3, 0.4) is 0 Å². The standard InChI is InChI=1S/C27H24Cl2N2O6/c28-19-9-21-22(10-20(19)29)31-26-25(30-21)17-3-1-2-4-18(17)27(26,7-5-23(32)36-13-15-11-34-15)8-6-24(33)37-14-16-12-35-16/h1-4,9-10,15-16H,5-8,11-14H2. The Morgan fingerprint density at radius 2 is 1.43 bits per heavy atom. The van der Waals surface area contributed by atoms with E-state index in [1.165, 1.54) is 0 Å². The highest BCUT2D eigenvalue weighted by atomic mass is 35.5. The van der Waals surface area contributed by atoms with Crippen molar-refractivity contribution in [2.75, 3.05) is 26.4 Å². The van der Waals surface area contributed by atoms with Crippen LogP contribution in [-0.4, -0.2) is 60.5 Å². The molecule has 37 heavy (non-hydrogen) atoms. The maximum absolute atomic E-state index is 12.7. The fourth-order valence-corrected chi connectivity index (χ4v) is 5.23. The van der Waals surface area contributed by atoms with Crippen LogP contribution in [0.2, 0.25) is 10.0 Å². The van der Waals surface area contributed by atoms with E-state index in [-0.39, 0.29) is 50.2 Å². The Morgan fingerprint density at radius 3 is 2.00 bits per heavy atom. The van der Waals surface area contributed by atoms with Crippen molar-refractivity contribution in [1.82, 2.24) is 9.97 Å². The molecule has 2 saturated heterocycles. The number of carbonyl (C=O) groups is 2. The van der Waals surface area contributed by atoms with E-state index in [1.54, 1.807) is 12.1 Å². The van der Waals surface area contributed by atoms with Crippen LogP contribution in [-0.2, 0) is 34.0 Å². The van der Waals surface area contributed by atoms with Crippen LogP contribution < -0.4 is 0 Å². The molecular weight excluding hydrogens is 519 g/mol. The summed E-state index contributed by atoms with van der Waals surface area (Å²) in [5.41, 5.74) is 3.76. The molecule has 2 unspecified atom stereocenters. The molecule has 1 aromatic heterocycles. The topological polar surface area (TPSA) is 103 Å². The molecule has 8 nitrogen and oxygen atoms in total. The highest BCUT2D eigenvalue weighted by Crippen LogP contribution is 2.53. The molecular formula is C27H24Cl2N2O6. The molecule has 0 spiro atoms. The number of rotatable bonds is 10. The summed E-state index contributed by atoms with van der Waals surface area (Å²) in [5.74, 6) is -0.643. The van der Waals surface area contributed by atoms with Crippen LogP contribution in [0.15, 0.2) is 36.4 Å². The third kappa shape index (κ3) is 5.03. The van der Waals surface area contributed by atoms with E-state index in [1.807, 2.05) is 24.3 Å². The maximum Gasteiger partial charge on any atom is 0.305 e. The number of halogens is 2. The number of epoxide rings is 2. The zero-order chi connectivity index (χ0) is 25.6. The first kappa shape index (κ1) is 24.6. The Hall–Kier alpha value is -2.78. The maximum atomic E-state index is 12.7. The van der Waals surface area contributed by atoms with Crippen molar-refractivity contribution in [3.05, 3.63) is 57.7 Å². The van der Waals surface area contributed by atoms with E-state index in [0.29, 0.717) is 58.5 Å². The fourth-order valence-electron chi connectivity index (χ4n) is 4.91. The first-order chi connectivity index (χ1) is 17.9. The molecule has 192 valence electrons. The molecule has 0 amide bonds. The average molecular weight is 543 g/mol. The summed E-state index contributed by atoms with van der Waals surface area (Å²) in [4.78, 5) is 35.2. The van der Waals surface area contributed by atoms with Gasteiger partial charge in [0.2, 0.25) is 0 Å². The molecule has 1 aliphatic carbocycles. The zero-order valence-electron chi connectivity index (χ0n) is 19.9. The van der Waals surface area contributed by atoms with Crippen molar-refractivity contribution in [3.8, 4) is 11.3 Å². The number of esters is 2. The third-order valence-electron chi connectivity index (χ3n) is 7.03. The van der Waals surface area contributed by atoms with Gasteiger partial charge in [-0.3, -0.25) is 9.59 Å².